The minimum absolute atomic E-state index is 0.264. The number of fused-ring (bicyclic) bond motifs is 2. The van der Waals surface area contributed by atoms with Crippen molar-refractivity contribution < 1.29 is 13.3 Å². The van der Waals surface area contributed by atoms with E-state index in [0.717, 1.165) is 0 Å². The van der Waals surface area contributed by atoms with Crippen molar-refractivity contribution in [1.29, 1.82) is 0 Å². The van der Waals surface area contributed by atoms with Gasteiger partial charge in [0.05, 0.1) is 5.60 Å². The molecule has 1 nitrogen and oxygen atoms in total. The molecule has 2 aliphatic carbocycles. The minimum atomic E-state index is -2.59. The third kappa shape index (κ3) is 0.654. The summed E-state index contributed by atoms with van der Waals surface area (Å²) >= 11 is 0. The van der Waals surface area contributed by atoms with Gasteiger partial charge in [-0.1, -0.05) is 20.6 Å². The van der Waals surface area contributed by atoms with Crippen LogP contribution in [0, 0.1) is 16.7 Å². The van der Waals surface area contributed by atoms with E-state index in [-0.39, 0.29) is 6.42 Å². The largest absolute Gasteiger partial charge is 0.390 e. The lowest BCUT2D eigenvalue weighted by Crippen LogP contribution is -2.44. The van der Waals surface area contributed by atoms with Crippen molar-refractivity contribution in [3.05, 3.63) is 0 Å². The molecule has 1 heteroatoms. The Morgan fingerprint density at radius 2 is 2.08 bits per heavy atom. The first-order chi connectivity index (χ1) is 7.81. The Kier molecular flexibility index (Phi) is 0.631. The summed E-state index contributed by atoms with van der Waals surface area (Å²) in [6.45, 7) is -1.96. The molecule has 3 atom stereocenters. The highest BCUT2D eigenvalue weighted by Crippen LogP contribution is 2.69. The Balaban J connectivity index is 2.72. The molecule has 0 aromatic heterocycles. The second kappa shape index (κ2) is 1.89. The van der Waals surface area contributed by atoms with Gasteiger partial charge in [-0.25, -0.2) is 0 Å². The predicted octanol–water partition coefficient (Wildman–Crippen LogP) is 2.58. The zero-order valence-electron chi connectivity index (χ0n) is 13.6. The van der Waals surface area contributed by atoms with Gasteiger partial charge in [0, 0.05) is 13.6 Å². The molecular weight excluding hydrogens is 148 g/mol. The fraction of sp³-hybridized carbons (Fsp3) is 1.00. The van der Waals surface area contributed by atoms with Crippen molar-refractivity contribution in [3.63, 3.8) is 0 Å². The predicted molar refractivity (Wildman–Crippen MR) is 49.9 cm³/mol. The average molecular weight is 174 g/mol. The summed E-state index contributed by atoms with van der Waals surface area (Å²) in [4.78, 5) is 0. The summed E-state index contributed by atoms with van der Waals surface area (Å²) in [5, 5.41) is 10.5. The average Bonchev–Trinajstić information content (AvgIpc) is 2.45. The van der Waals surface area contributed by atoms with Crippen LogP contribution in [-0.4, -0.2) is 10.7 Å². The van der Waals surface area contributed by atoms with Crippen molar-refractivity contribution in [2.45, 2.75) is 52.4 Å². The lowest BCUT2D eigenvalue weighted by atomic mass is 9.65. The Hall–Kier alpha value is -0.0400. The summed E-state index contributed by atoms with van der Waals surface area (Å²) in [5.74, 6) is -0.461. The highest BCUT2D eigenvalue weighted by molar-refractivity contribution is 5.16. The number of hydrogen-bond donors (Lipinski definition) is 1. The van der Waals surface area contributed by atoms with Crippen LogP contribution in [0.25, 0.3) is 0 Å². The van der Waals surface area contributed by atoms with Crippen LogP contribution >= 0.6 is 0 Å². The molecule has 0 heterocycles. The van der Waals surface area contributed by atoms with E-state index in [4.69, 9.17) is 8.22 Å². The first-order valence-corrected chi connectivity index (χ1v) is 4.54. The van der Waals surface area contributed by atoms with Crippen molar-refractivity contribution >= 4 is 0 Å². The van der Waals surface area contributed by atoms with Gasteiger partial charge >= 0.3 is 0 Å². The van der Waals surface area contributed by atoms with Gasteiger partial charge in [0.2, 0.25) is 0 Å². The third-order valence-electron chi connectivity index (χ3n) is 4.31. The van der Waals surface area contributed by atoms with Gasteiger partial charge in [-0.05, 0) is 37.5 Å². The highest BCUT2D eigenvalue weighted by Gasteiger charge is 2.66. The van der Waals surface area contributed by atoms with Crippen molar-refractivity contribution in [2.24, 2.45) is 16.7 Å². The normalized spacial score (nSPS) is 65.8. The fourth-order valence-electron chi connectivity index (χ4n) is 2.98. The third-order valence-corrected chi connectivity index (χ3v) is 4.31. The standard InChI is InChI=1S/C11H20O/c1-9(2)8-5-6-10(9,3)11(4,12)7-8/h8,12H,5-7H2,1-4H3/t8-,10+,11+/m1/s1/i1D3,2D3. The Bertz CT molecular complexity index is 355. The molecule has 0 radical (unpaired) electrons. The maximum Gasteiger partial charge on any atom is 0.0681 e. The van der Waals surface area contributed by atoms with E-state index in [1.54, 1.807) is 13.8 Å². The topological polar surface area (TPSA) is 20.2 Å². The lowest BCUT2D eigenvalue weighted by molar-refractivity contribution is -0.0745. The van der Waals surface area contributed by atoms with Gasteiger partial charge in [-0.3, -0.25) is 0 Å². The van der Waals surface area contributed by atoms with Crippen molar-refractivity contribution in [2.75, 3.05) is 0 Å². The van der Waals surface area contributed by atoms with Gasteiger partial charge in [-0.15, -0.1) is 0 Å². The fourth-order valence-corrected chi connectivity index (χ4v) is 2.98. The van der Waals surface area contributed by atoms with E-state index in [9.17, 15) is 5.11 Å². The summed E-state index contributed by atoms with van der Waals surface area (Å²) in [6.07, 6.45) is 1.30. The van der Waals surface area contributed by atoms with Gasteiger partial charge in [0.15, 0.2) is 0 Å². The van der Waals surface area contributed by atoms with E-state index in [2.05, 4.69) is 0 Å². The summed E-state index contributed by atoms with van der Waals surface area (Å²) < 4.78 is 46.8. The molecular formula is C11H20O. The molecule has 2 aliphatic rings. The van der Waals surface area contributed by atoms with Gasteiger partial charge in [0.1, 0.15) is 0 Å². The van der Waals surface area contributed by atoms with E-state index in [1.165, 1.54) is 0 Å². The molecule has 2 saturated carbocycles. The minimum Gasteiger partial charge on any atom is -0.390 e. The zero-order chi connectivity index (χ0) is 14.2. The molecule has 0 aromatic rings. The molecule has 0 amide bonds. The summed E-state index contributed by atoms with van der Waals surface area (Å²) in [5.41, 5.74) is -4.09. The van der Waals surface area contributed by atoms with Crippen LogP contribution in [0.4, 0.5) is 0 Å². The molecule has 2 rings (SSSR count). The van der Waals surface area contributed by atoms with Crippen LogP contribution in [0.5, 0.6) is 0 Å². The number of rotatable bonds is 0. The van der Waals surface area contributed by atoms with Crippen molar-refractivity contribution in [1.82, 2.24) is 0 Å². The zero-order valence-corrected chi connectivity index (χ0v) is 7.65. The Morgan fingerprint density at radius 3 is 2.33 bits per heavy atom. The number of hydrogen-bond acceptors (Lipinski definition) is 1. The van der Waals surface area contributed by atoms with Gasteiger partial charge < -0.3 is 5.11 Å². The van der Waals surface area contributed by atoms with E-state index in [0.29, 0.717) is 12.8 Å². The quantitative estimate of drug-likeness (QED) is 0.598. The first-order valence-electron chi connectivity index (χ1n) is 7.54. The van der Waals surface area contributed by atoms with Crippen LogP contribution in [0.2, 0.25) is 0 Å². The molecule has 1 N–H and O–H groups in total. The first kappa shape index (κ1) is 4.00. The second-order valence-electron chi connectivity index (χ2n) is 4.85. The van der Waals surface area contributed by atoms with Crippen LogP contribution in [0.3, 0.4) is 0 Å². The van der Waals surface area contributed by atoms with Crippen LogP contribution in [-0.2, 0) is 0 Å². The molecule has 12 heavy (non-hydrogen) atoms. The molecule has 0 aromatic carbocycles. The molecule has 0 saturated heterocycles. The number of aliphatic hydroxyl groups is 1. The van der Waals surface area contributed by atoms with Gasteiger partial charge in [-0.2, -0.15) is 0 Å². The van der Waals surface area contributed by atoms with Gasteiger partial charge in [0.25, 0.3) is 0 Å². The molecule has 2 fully saturated rings. The highest BCUT2D eigenvalue weighted by atomic mass is 16.3. The van der Waals surface area contributed by atoms with E-state index >= 15 is 0 Å². The van der Waals surface area contributed by atoms with E-state index < -0.39 is 36.1 Å². The second-order valence-corrected chi connectivity index (χ2v) is 4.85. The van der Waals surface area contributed by atoms with Crippen LogP contribution in [0.1, 0.15) is 55.0 Å². The molecule has 70 valence electrons. The maximum absolute atomic E-state index is 10.5. The maximum atomic E-state index is 10.5. The van der Waals surface area contributed by atoms with Crippen molar-refractivity contribution in [3.8, 4) is 0 Å². The Morgan fingerprint density at radius 1 is 1.42 bits per heavy atom. The molecule has 0 aliphatic heterocycles. The van der Waals surface area contributed by atoms with Crippen LogP contribution < -0.4 is 0 Å². The van der Waals surface area contributed by atoms with E-state index in [1.807, 2.05) is 0 Å². The SMILES string of the molecule is [2H]C([2H])([2H])C1(C([2H])([2H])[2H])[C@@H]2CC[C@]1(C)[C@@](C)(O)C2. The molecule has 0 unspecified atom stereocenters. The smallest absolute Gasteiger partial charge is 0.0681 e. The molecule has 2 bridgehead atoms. The lowest BCUT2D eigenvalue weighted by Gasteiger charge is -2.43. The summed E-state index contributed by atoms with van der Waals surface area (Å²) in [6, 6.07) is 0. The van der Waals surface area contributed by atoms with Crippen LogP contribution in [0.15, 0.2) is 0 Å². The summed E-state index contributed by atoms with van der Waals surface area (Å²) in [7, 11) is 0. The Labute approximate surface area is 83.6 Å². The molecule has 0 spiro atoms. The monoisotopic (exact) mass is 174 g/mol.